The third-order valence-electron chi connectivity index (χ3n) is 3.63. The largest absolute Gasteiger partial charge is 0.507 e. The highest BCUT2D eigenvalue weighted by atomic mass is 32.1. The van der Waals surface area contributed by atoms with E-state index in [-0.39, 0.29) is 23.6 Å². The van der Waals surface area contributed by atoms with Gasteiger partial charge in [-0.25, -0.2) is 4.39 Å². The molecule has 110 valence electrons. The molecule has 1 N–H and O–H groups in total. The number of nitrogens with zero attached hydrogens (tertiary/aromatic N) is 1. The zero-order valence-corrected chi connectivity index (χ0v) is 12.3. The summed E-state index contributed by atoms with van der Waals surface area (Å²) in [5.74, 6) is -0.909. The number of hydrogen-bond acceptors (Lipinski definition) is 4. The lowest BCUT2D eigenvalue weighted by Gasteiger charge is -2.20. The predicted octanol–water partition coefficient (Wildman–Crippen LogP) is 3.44. The lowest BCUT2D eigenvalue weighted by Crippen LogP contribution is -2.31. The highest BCUT2D eigenvalue weighted by Crippen LogP contribution is 2.29. The van der Waals surface area contributed by atoms with Gasteiger partial charge in [0.05, 0.1) is 12.1 Å². The fraction of sp³-hybridized carbons (Fsp3) is 0.312. The lowest BCUT2D eigenvalue weighted by molar-refractivity contribution is 0.0916. The Balaban J connectivity index is 1.73. The van der Waals surface area contributed by atoms with Gasteiger partial charge in [0, 0.05) is 12.6 Å². The minimum absolute atomic E-state index is 0.0611. The van der Waals surface area contributed by atoms with Gasteiger partial charge in [0.1, 0.15) is 11.6 Å². The van der Waals surface area contributed by atoms with E-state index in [0.29, 0.717) is 6.04 Å². The van der Waals surface area contributed by atoms with Crippen LogP contribution in [-0.4, -0.2) is 28.4 Å². The topological polar surface area (TPSA) is 40.5 Å². The summed E-state index contributed by atoms with van der Waals surface area (Å²) in [5.41, 5.74) is 1.24. The zero-order valence-electron chi connectivity index (χ0n) is 11.5. The average molecular weight is 305 g/mol. The molecule has 2 aromatic rings. The van der Waals surface area contributed by atoms with E-state index in [2.05, 4.69) is 10.3 Å². The van der Waals surface area contributed by atoms with Crippen LogP contribution in [-0.2, 0) is 6.54 Å². The van der Waals surface area contributed by atoms with Crippen LogP contribution in [0.3, 0.4) is 0 Å². The van der Waals surface area contributed by atoms with Crippen LogP contribution in [0, 0.1) is 5.82 Å². The fourth-order valence-electron chi connectivity index (χ4n) is 2.37. The molecule has 0 unspecified atom stereocenters. The van der Waals surface area contributed by atoms with Crippen LogP contribution in [0.5, 0.6) is 5.75 Å². The minimum atomic E-state index is -0.507. The van der Waals surface area contributed by atoms with Gasteiger partial charge in [-0.15, -0.1) is 0 Å². The SMILES string of the molecule is O=C(CN(Cc1ccsc1)C1CC1)c1cc(F)ccc1O. The molecule has 0 atom stereocenters. The molecule has 5 heteroatoms. The number of hydrogen-bond donors (Lipinski definition) is 1. The van der Waals surface area contributed by atoms with Gasteiger partial charge in [0.15, 0.2) is 5.78 Å². The molecule has 1 aliphatic carbocycles. The second kappa shape index (κ2) is 5.95. The standard InChI is InChI=1S/C16H16FNO2S/c17-12-1-4-15(19)14(7-12)16(20)9-18(13-2-3-13)8-11-5-6-21-10-11/h1,4-7,10,13,19H,2-3,8-9H2. The first-order chi connectivity index (χ1) is 10.1. The van der Waals surface area contributed by atoms with Crippen molar-refractivity contribution in [3.8, 4) is 5.75 Å². The van der Waals surface area contributed by atoms with E-state index in [1.54, 1.807) is 11.3 Å². The van der Waals surface area contributed by atoms with Crippen molar-refractivity contribution in [2.24, 2.45) is 0 Å². The highest BCUT2D eigenvalue weighted by Gasteiger charge is 2.31. The first kappa shape index (κ1) is 14.2. The lowest BCUT2D eigenvalue weighted by atomic mass is 10.1. The van der Waals surface area contributed by atoms with Crippen molar-refractivity contribution < 1.29 is 14.3 Å². The van der Waals surface area contributed by atoms with Crippen molar-refractivity contribution in [3.63, 3.8) is 0 Å². The molecule has 1 fully saturated rings. The summed E-state index contributed by atoms with van der Waals surface area (Å²) in [5, 5.41) is 13.8. The van der Waals surface area contributed by atoms with Crippen LogP contribution in [0.25, 0.3) is 0 Å². The molecular formula is C16H16FNO2S. The fourth-order valence-corrected chi connectivity index (χ4v) is 3.03. The second-order valence-electron chi connectivity index (χ2n) is 5.35. The quantitative estimate of drug-likeness (QED) is 0.831. The normalized spacial score (nSPS) is 14.6. The molecular weight excluding hydrogens is 289 g/mol. The predicted molar refractivity (Wildman–Crippen MR) is 80.1 cm³/mol. The Morgan fingerprint density at radius 2 is 2.19 bits per heavy atom. The Labute approximate surface area is 126 Å². The Morgan fingerprint density at radius 1 is 1.38 bits per heavy atom. The molecule has 0 saturated heterocycles. The number of phenolic OH excluding ortho intramolecular Hbond substituents is 1. The molecule has 0 amide bonds. The van der Waals surface area contributed by atoms with Crippen molar-refractivity contribution in [2.75, 3.05) is 6.54 Å². The van der Waals surface area contributed by atoms with E-state index in [4.69, 9.17) is 0 Å². The van der Waals surface area contributed by atoms with E-state index >= 15 is 0 Å². The molecule has 1 saturated carbocycles. The van der Waals surface area contributed by atoms with Gasteiger partial charge in [0.25, 0.3) is 0 Å². The summed E-state index contributed by atoms with van der Waals surface area (Å²) in [6.07, 6.45) is 2.18. The minimum Gasteiger partial charge on any atom is -0.507 e. The molecule has 1 aromatic carbocycles. The Hall–Kier alpha value is -1.72. The Morgan fingerprint density at radius 3 is 2.86 bits per heavy atom. The first-order valence-electron chi connectivity index (χ1n) is 6.90. The maximum absolute atomic E-state index is 13.2. The molecule has 3 rings (SSSR count). The van der Waals surface area contributed by atoms with Crippen molar-refractivity contribution >= 4 is 17.1 Å². The summed E-state index contributed by atoms with van der Waals surface area (Å²) in [7, 11) is 0. The number of carbonyl (C=O) groups is 1. The van der Waals surface area contributed by atoms with Crippen LogP contribution in [0.1, 0.15) is 28.8 Å². The maximum atomic E-state index is 13.2. The first-order valence-corrected chi connectivity index (χ1v) is 7.84. The highest BCUT2D eigenvalue weighted by molar-refractivity contribution is 7.07. The van der Waals surface area contributed by atoms with Gasteiger partial charge < -0.3 is 5.11 Å². The van der Waals surface area contributed by atoms with E-state index in [9.17, 15) is 14.3 Å². The summed E-state index contributed by atoms with van der Waals surface area (Å²) < 4.78 is 13.2. The van der Waals surface area contributed by atoms with Crippen molar-refractivity contribution in [1.29, 1.82) is 0 Å². The third kappa shape index (κ3) is 3.49. The van der Waals surface area contributed by atoms with Crippen LogP contribution < -0.4 is 0 Å². The summed E-state index contributed by atoms with van der Waals surface area (Å²) in [4.78, 5) is 14.4. The summed E-state index contributed by atoms with van der Waals surface area (Å²) in [6, 6.07) is 5.95. The Kier molecular flexibility index (Phi) is 4.03. The van der Waals surface area contributed by atoms with Gasteiger partial charge >= 0.3 is 0 Å². The van der Waals surface area contributed by atoms with E-state index in [0.717, 1.165) is 31.5 Å². The third-order valence-corrected chi connectivity index (χ3v) is 4.37. The van der Waals surface area contributed by atoms with Crippen LogP contribution >= 0.6 is 11.3 Å². The molecule has 1 aliphatic rings. The molecule has 0 radical (unpaired) electrons. The summed E-state index contributed by atoms with van der Waals surface area (Å²) >= 11 is 1.63. The van der Waals surface area contributed by atoms with Gasteiger partial charge in [-0.05, 0) is 53.4 Å². The average Bonchev–Trinajstić information content (AvgIpc) is 3.19. The van der Waals surface area contributed by atoms with E-state index < -0.39 is 5.82 Å². The molecule has 0 aliphatic heterocycles. The number of Topliss-reactive ketones (excluding diaryl/α,β-unsaturated/α-hetero) is 1. The van der Waals surface area contributed by atoms with E-state index in [1.165, 1.54) is 11.6 Å². The number of aromatic hydroxyl groups is 1. The smallest absolute Gasteiger partial charge is 0.180 e. The number of carbonyl (C=O) groups excluding carboxylic acids is 1. The zero-order chi connectivity index (χ0) is 14.8. The van der Waals surface area contributed by atoms with Crippen molar-refractivity contribution in [1.82, 2.24) is 4.90 Å². The van der Waals surface area contributed by atoms with Crippen molar-refractivity contribution in [2.45, 2.75) is 25.4 Å². The van der Waals surface area contributed by atoms with Gasteiger partial charge in [-0.3, -0.25) is 9.69 Å². The molecule has 0 spiro atoms. The number of phenols is 1. The van der Waals surface area contributed by atoms with Gasteiger partial charge in [-0.1, -0.05) is 0 Å². The number of ketones is 1. The number of thiophene rings is 1. The van der Waals surface area contributed by atoms with Crippen LogP contribution in [0.4, 0.5) is 4.39 Å². The molecule has 3 nitrogen and oxygen atoms in total. The Bertz CT molecular complexity index is 638. The van der Waals surface area contributed by atoms with Gasteiger partial charge in [-0.2, -0.15) is 11.3 Å². The van der Waals surface area contributed by atoms with E-state index in [1.807, 2.05) is 11.4 Å². The van der Waals surface area contributed by atoms with Crippen LogP contribution in [0.2, 0.25) is 0 Å². The van der Waals surface area contributed by atoms with Crippen molar-refractivity contribution in [3.05, 3.63) is 52.0 Å². The molecule has 0 bridgehead atoms. The number of halogens is 1. The monoisotopic (exact) mass is 305 g/mol. The van der Waals surface area contributed by atoms with Gasteiger partial charge in [0.2, 0.25) is 0 Å². The maximum Gasteiger partial charge on any atom is 0.180 e. The molecule has 1 heterocycles. The molecule has 1 aromatic heterocycles. The number of benzene rings is 1. The second-order valence-corrected chi connectivity index (χ2v) is 6.13. The summed E-state index contributed by atoms with van der Waals surface area (Å²) in [6.45, 7) is 0.924. The molecule has 21 heavy (non-hydrogen) atoms. The van der Waals surface area contributed by atoms with Crippen LogP contribution in [0.15, 0.2) is 35.0 Å². The number of rotatable bonds is 6.